The van der Waals surface area contributed by atoms with Gasteiger partial charge in [-0.25, -0.2) is 0 Å². The van der Waals surface area contributed by atoms with Crippen molar-refractivity contribution in [2.45, 2.75) is 51.6 Å². The van der Waals surface area contributed by atoms with Crippen molar-refractivity contribution in [1.29, 1.82) is 0 Å². The molecule has 1 heterocycles. The van der Waals surface area contributed by atoms with Crippen molar-refractivity contribution in [2.24, 2.45) is 10.9 Å². The van der Waals surface area contributed by atoms with Gasteiger partial charge in [-0.05, 0) is 18.8 Å². The Bertz CT molecular complexity index is 394. The maximum atomic E-state index is 4.81. The van der Waals surface area contributed by atoms with Gasteiger partial charge in [-0.1, -0.05) is 31.3 Å². The van der Waals surface area contributed by atoms with Gasteiger partial charge in [-0.2, -0.15) is 0 Å². The van der Waals surface area contributed by atoms with Gasteiger partial charge in [0.05, 0.1) is 6.54 Å². The highest BCUT2D eigenvalue weighted by Crippen LogP contribution is 2.26. The molecule has 1 aliphatic rings. The Morgan fingerprint density at radius 3 is 3.00 bits per heavy atom. The second kappa shape index (κ2) is 9.20. The fourth-order valence-corrected chi connectivity index (χ4v) is 2.68. The molecular weight excluding hydrogens is 367 g/mol. The molecule has 114 valence electrons. The molecule has 1 fully saturated rings. The van der Waals surface area contributed by atoms with Crippen LogP contribution in [0.2, 0.25) is 0 Å². The van der Waals surface area contributed by atoms with Crippen molar-refractivity contribution in [1.82, 2.24) is 15.8 Å². The lowest BCUT2D eigenvalue weighted by molar-refractivity contribution is 0.298. The van der Waals surface area contributed by atoms with Gasteiger partial charge in [0, 0.05) is 19.2 Å². The van der Waals surface area contributed by atoms with Crippen molar-refractivity contribution < 1.29 is 4.52 Å². The summed E-state index contributed by atoms with van der Waals surface area (Å²) in [5, 5.41) is 10.7. The van der Waals surface area contributed by atoms with E-state index in [2.05, 4.69) is 27.7 Å². The molecule has 2 rings (SSSR count). The molecule has 0 bridgehead atoms. The van der Waals surface area contributed by atoms with Crippen molar-refractivity contribution in [3.8, 4) is 0 Å². The molecule has 1 aromatic heterocycles. The highest BCUT2D eigenvalue weighted by atomic mass is 127. The standard InChI is InChI=1S/C14H24N4O.HI/c1-3-11-5-4-6-12(9-11)17-14(15-2)16-10-13-7-8-19-18-13;/h7-8,11-12H,3-6,9-10H2,1-2H3,(H2,15,16,17);1H. The fraction of sp³-hybridized carbons (Fsp3) is 0.714. The number of nitrogens with one attached hydrogen (secondary N) is 2. The van der Waals surface area contributed by atoms with Crippen molar-refractivity contribution in [2.75, 3.05) is 7.05 Å². The summed E-state index contributed by atoms with van der Waals surface area (Å²) in [6.45, 7) is 2.92. The lowest BCUT2D eigenvalue weighted by atomic mass is 9.84. The number of hydrogen-bond acceptors (Lipinski definition) is 3. The van der Waals surface area contributed by atoms with Crippen LogP contribution in [0.15, 0.2) is 21.8 Å². The van der Waals surface area contributed by atoms with Crippen LogP contribution < -0.4 is 10.6 Å². The smallest absolute Gasteiger partial charge is 0.191 e. The second-order valence-corrected chi connectivity index (χ2v) is 5.20. The molecule has 1 aliphatic carbocycles. The molecule has 0 radical (unpaired) electrons. The number of hydrogen-bond donors (Lipinski definition) is 2. The van der Waals surface area contributed by atoms with Crippen LogP contribution >= 0.6 is 24.0 Å². The first-order valence-corrected chi connectivity index (χ1v) is 7.18. The van der Waals surface area contributed by atoms with E-state index in [9.17, 15) is 0 Å². The topological polar surface area (TPSA) is 62.5 Å². The summed E-state index contributed by atoms with van der Waals surface area (Å²) in [5.74, 6) is 1.71. The van der Waals surface area contributed by atoms with Crippen molar-refractivity contribution in [3.05, 3.63) is 18.0 Å². The fourth-order valence-electron chi connectivity index (χ4n) is 2.68. The van der Waals surface area contributed by atoms with E-state index >= 15 is 0 Å². The van der Waals surface area contributed by atoms with Gasteiger partial charge in [0.25, 0.3) is 0 Å². The minimum absolute atomic E-state index is 0. The lowest BCUT2D eigenvalue weighted by Crippen LogP contribution is -2.45. The predicted molar refractivity (Wildman–Crippen MR) is 91.3 cm³/mol. The van der Waals surface area contributed by atoms with Crippen LogP contribution in [-0.4, -0.2) is 24.2 Å². The van der Waals surface area contributed by atoms with E-state index in [-0.39, 0.29) is 24.0 Å². The molecule has 20 heavy (non-hydrogen) atoms. The van der Waals surface area contributed by atoms with Gasteiger partial charge >= 0.3 is 0 Å². The first kappa shape index (κ1) is 17.3. The van der Waals surface area contributed by atoms with Crippen LogP contribution in [0, 0.1) is 5.92 Å². The average Bonchev–Trinajstić information content (AvgIpc) is 2.97. The maximum absolute atomic E-state index is 4.81. The zero-order valence-corrected chi connectivity index (χ0v) is 14.6. The van der Waals surface area contributed by atoms with E-state index in [1.165, 1.54) is 32.1 Å². The van der Waals surface area contributed by atoms with Gasteiger partial charge in [-0.15, -0.1) is 24.0 Å². The average molecular weight is 392 g/mol. The molecule has 2 N–H and O–H groups in total. The summed E-state index contributed by atoms with van der Waals surface area (Å²) in [7, 11) is 1.80. The highest BCUT2D eigenvalue weighted by Gasteiger charge is 2.21. The molecule has 0 saturated heterocycles. The van der Waals surface area contributed by atoms with Gasteiger partial charge in [0.15, 0.2) is 5.96 Å². The molecule has 0 spiro atoms. The summed E-state index contributed by atoms with van der Waals surface area (Å²) in [4.78, 5) is 4.27. The van der Waals surface area contributed by atoms with E-state index in [0.29, 0.717) is 12.6 Å². The van der Waals surface area contributed by atoms with Gasteiger partial charge in [0.2, 0.25) is 0 Å². The van der Waals surface area contributed by atoms with Crippen LogP contribution in [0.4, 0.5) is 0 Å². The number of guanidine groups is 1. The molecule has 5 nitrogen and oxygen atoms in total. The SMILES string of the molecule is CCC1CCCC(NC(=NC)NCc2ccon2)C1.I. The van der Waals surface area contributed by atoms with E-state index in [1.807, 2.05) is 6.07 Å². The number of rotatable bonds is 4. The summed E-state index contributed by atoms with van der Waals surface area (Å²) in [6, 6.07) is 2.40. The summed E-state index contributed by atoms with van der Waals surface area (Å²) in [6.07, 6.45) is 8.04. The third kappa shape index (κ3) is 5.30. The Labute approximate surface area is 138 Å². The minimum Gasteiger partial charge on any atom is -0.364 e. The number of aliphatic imine (C=N–C) groups is 1. The molecule has 1 saturated carbocycles. The number of aromatic nitrogens is 1. The third-order valence-corrected chi connectivity index (χ3v) is 3.85. The number of halogens is 1. The molecule has 2 atom stereocenters. The monoisotopic (exact) mass is 392 g/mol. The highest BCUT2D eigenvalue weighted by molar-refractivity contribution is 14.0. The molecule has 0 aromatic carbocycles. The number of nitrogens with zero attached hydrogens (tertiary/aromatic N) is 2. The summed E-state index contributed by atoms with van der Waals surface area (Å²) in [5.41, 5.74) is 0.887. The first-order chi connectivity index (χ1) is 9.31. The largest absolute Gasteiger partial charge is 0.364 e. The molecule has 0 aliphatic heterocycles. The Morgan fingerprint density at radius 1 is 1.50 bits per heavy atom. The maximum Gasteiger partial charge on any atom is 0.191 e. The Morgan fingerprint density at radius 2 is 2.35 bits per heavy atom. The summed E-state index contributed by atoms with van der Waals surface area (Å²) < 4.78 is 4.81. The third-order valence-electron chi connectivity index (χ3n) is 3.85. The predicted octanol–water partition coefficient (Wildman–Crippen LogP) is 2.93. The van der Waals surface area contributed by atoms with E-state index in [0.717, 1.165) is 17.6 Å². The Kier molecular flexibility index (Phi) is 7.94. The van der Waals surface area contributed by atoms with Crippen molar-refractivity contribution in [3.63, 3.8) is 0 Å². The van der Waals surface area contributed by atoms with Gasteiger partial charge in [0.1, 0.15) is 12.0 Å². The molecular formula is C14H25IN4O. The van der Waals surface area contributed by atoms with E-state index < -0.39 is 0 Å². The van der Waals surface area contributed by atoms with Crippen LogP contribution in [0.5, 0.6) is 0 Å². The van der Waals surface area contributed by atoms with Crippen LogP contribution in [-0.2, 0) is 6.54 Å². The lowest BCUT2D eigenvalue weighted by Gasteiger charge is -2.30. The van der Waals surface area contributed by atoms with Crippen LogP contribution in [0.3, 0.4) is 0 Å². The molecule has 1 aromatic rings. The zero-order chi connectivity index (χ0) is 13.5. The van der Waals surface area contributed by atoms with E-state index in [4.69, 9.17) is 4.52 Å². The van der Waals surface area contributed by atoms with Crippen LogP contribution in [0.1, 0.15) is 44.7 Å². The minimum atomic E-state index is 0. The Balaban J connectivity index is 0.00000200. The first-order valence-electron chi connectivity index (χ1n) is 7.18. The quantitative estimate of drug-likeness (QED) is 0.470. The molecule has 2 unspecified atom stereocenters. The van der Waals surface area contributed by atoms with Crippen molar-refractivity contribution >= 4 is 29.9 Å². The van der Waals surface area contributed by atoms with Crippen LogP contribution in [0.25, 0.3) is 0 Å². The molecule has 6 heteroatoms. The second-order valence-electron chi connectivity index (χ2n) is 5.20. The Hall–Kier alpha value is -0.790. The normalized spacial score (nSPS) is 23.0. The zero-order valence-electron chi connectivity index (χ0n) is 12.3. The summed E-state index contributed by atoms with van der Waals surface area (Å²) >= 11 is 0. The van der Waals surface area contributed by atoms with E-state index in [1.54, 1.807) is 13.3 Å². The van der Waals surface area contributed by atoms with Gasteiger partial charge < -0.3 is 15.2 Å². The molecule has 0 amide bonds. The van der Waals surface area contributed by atoms with Gasteiger partial charge in [-0.3, -0.25) is 4.99 Å².